The minimum Gasteiger partial charge on any atom is -0.274 e. The van der Waals surface area contributed by atoms with Crippen molar-refractivity contribution in [2.75, 3.05) is 4.90 Å². The van der Waals surface area contributed by atoms with E-state index in [9.17, 15) is 14.0 Å². The third kappa shape index (κ3) is 3.26. The Hall–Kier alpha value is -2.80. The third-order valence-electron chi connectivity index (χ3n) is 4.92. The fourth-order valence-corrected chi connectivity index (χ4v) is 4.28. The average molecular weight is 395 g/mol. The van der Waals surface area contributed by atoms with Crippen LogP contribution in [0.4, 0.5) is 10.1 Å². The lowest BCUT2D eigenvalue weighted by Gasteiger charge is -2.14. The Balaban J connectivity index is 1.62. The molecule has 5 nitrogen and oxygen atoms in total. The van der Waals surface area contributed by atoms with Crippen LogP contribution in [0.15, 0.2) is 41.6 Å². The summed E-state index contributed by atoms with van der Waals surface area (Å²) < 4.78 is 13.1. The predicted octanol–water partition coefficient (Wildman–Crippen LogP) is 4.12. The van der Waals surface area contributed by atoms with Crippen LogP contribution in [0.3, 0.4) is 0 Å². The van der Waals surface area contributed by atoms with Crippen molar-refractivity contribution >= 4 is 40.2 Å². The highest BCUT2D eigenvalue weighted by atomic mass is 32.2. The van der Waals surface area contributed by atoms with Crippen molar-refractivity contribution in [3.63, 3.8) is 0 Å². The van der Waals surface area contributed by atoms with Crippen molar-refractivity contribution in [1.29, 1.82) is 0 Å². The summed E-state index contributed by atoms with van der Waals surface area (Å²) in [6.45, 7) is 5.98. The fraction of sp³-hybridized carbons (Fsp3) is 0.238. The van der Waals surface area contributed by atoms with Crippen LogP contribution in [0.2, 0.25) is 0 Å². The van der Waals surface area contributed by atoms with Gasteiger partial charge in [-0.15, -0.1) is 0 Å². The van der Waals surface area contributed by atoms with Crippen LogP contribution in [0, 0.1) is 26.6 Å². The maximum absolute atomic E-state index is 13.1. The molecule has 0 radical (unpaired) electrons. The van der Waals surface area contributed by atoms with E-state index in [0.29, 0.717) is 10.8 Å². The summed E-state index contributed by atoms with van der Waals surface area (Å²) in [5, 5.41) is 0.857. The molecular formula is C21H18FN3O2S. The maximum atomic E-state index is 13.1. The molecule has 7 heteroatoms. The minimum atomic E-state index is -0.596. The maximum Gasteiger partial charge on any atom is 0.247 e. The lowest BCUT2D eigenvalue weighted by Crippen LogP contribution is -2.31. The second kappa shape index (κ2) is 6.98. The molecule has 0 bridgehead atoms. The molecular weight excluding hydrogens is 377 g/mol. The molecule has 0 spiro atoms. The first-order valence-electron chi connectivity index (χ1n) is 8.88. The molecule has 28 heavy (non-hydrogen) atoms. The molecule has 1 aliphatic heterocycles. The molecule has 0 aliphatic carbocycles. The van der Waals surface area contributed by atoms with E-state index in [2.05, 4.69) is 16.0 Å². The average Bonchev–Trinajstić information content (AvgIpc) is 2.91. The number of fused-ring (bicyclic) bond motifs is 1. The van der Waals surface area contributed by atoms with E-state index in [1.807, 2.05) is 26.8 Å². The third-order valence-corrected chi connectivity index (χ3v) is 5.97. The summed E-state index contributed by atoms with van der Waals surface area (Å²) in [7, 11) is 0. The van der Waals surface area contributed by atoms with Crippen molar-refractivity contribution < 1.29 is 14.0 Å². The molecule has 2 aromatic carbocycles. The van der Waals surface area contributed by atoms with E-state index in [0.717, 1.165) is 27.1 Å². The summed E-state index contributed by atoms with van der Waals surface area (Å²) in [6.07, 6.45) is 0.0637. The van der Waals surface area contributed by atoms with Crippen LogP contribution in [0.5, 0.6) is 0 Å². The number of halogens is 1. The highest BCUT2D eigenvalue weighted by Gasteiger charge is 2.40. The van der Waals surface area contributed by atoms with Crippen molar-refractivity contribution in [1.82, 2.24) is 9.97 Å². The number of anilines is 1. The second-order valence-electron chi connectivity index (χ2n) is 6.90. The van der Waals surface area contributed by atoms with Gasteiger partial charge in [0.1, 0.15) is 11.1 Å². The number of hydrogen-bond acceptors (Lipinski definition) is 5. The molecule has 2 amide bonds. The molecule has 2 heterocycles. The van der Waals surface area contributed by atoms with Gasteiger partial charge in [0.05, 0.1) is 11.2 Å². The molecule has 1 atom stereocenters. The topological polar surface area (TPSA) is 63.2 Å². The number of rotatable bonds is 3. The molecule has 0 N–H and O–H groups in total. The van der Waals surface area contributed by atoms with Gasteiger partial charge in [0.25, 0.3) is 0 Å². The Morgan fingerprint density at radius 2 is 1.71 bits per heavy atom. The van der Waals surface area contributed by atoms with Gasteiger partial charge in [-0.25, -0.2) is 19.3 Å². The number of carbonyl (C=O) groups excluding carboxylic acids is 2. The van der Waals surface area contributed by atoms with Crippen LogP contribution < -0.4 is 4.90 Å². The van der Waals surface area contributed by atoms with Crippen molar-refractivity contribution in [3.8, 4) is 0 Å². The molecule has 1 fully saturated rings. The highest BCUT2D eigenvalue weighted by Crippen LogP contribution is 2.33. The second-order valence-corrected chi connectivity index (χ2v) is 8.07. The number of nitrogens with zero attached hydrogens (tertiary/aromatic N) is 3. The van der Waals surface area contributed by atoms with Gasteiger partial charge in [0, 0.05) is 17.5 Å². The Morgan fingerprint density at radius 1 is 1.04 bits per heavy atom. The van der Waals surface area contributed by atoms with E-state index in [-0.39, 0.29) is 18.2 Å². The van der Waals surface area contributed by atoms with Gasteiger partial charge in [-0.05, 0) is 68.3 Å². The van der Waals surface area contributed by atoms with Crippen LogP contribution >= 0.6 is 11.8 Å². The molecule has 1 aliphatic rings. The summed E-state index contributed by atoms with van der Waals surface area (Å²) >= 11 is 1.20. The van der Waals surface area contributed by atoms with Gasteiger partial charge in [-0.1, -0.05) is 11.8 Å². The van der Waals surface area contributed by atoms with Gasteiger partial charge in [0.15, 0.2) is 5.16 Å². The minimum absolute atomic E-state index is 0.0637. The lowest BCUT2D eigenvalue weighted by atomic mass is 10.1. The van der Waals surface area contributed by atoms with E-state index in [1.54, 1.807) is 0 Å². The normalized spacial score (nSPS) is 17.0. The summed E-state index contributed by atoms with van der Waals surface area (Å²) in [4.78, 5) is 35.4. The zero-order valence-electron chi connectivity index (χ0n) is 15.7. The Labute approximate surface area is 166 Å². The van der Waals surface area contributed by atoms with E-state index in [4.69, 9.17) is 0 Å². The standard InChI is InChI=1S/C21H18FN3O2S/c1-11-8-16-13(3)23-21(24-17(16)9-12(11)2)28-18-10-19(26)25(20(18)27)15-6-4-14(22)5-7-15/h4-9,18H,10H2,1-3H3/t18-/m1/s1. The SMILES string of the molecule is Cc1cc2nc(S[C@@H]3CC(=O)N(c4ccc(F)cc4)C3=O)nc(C)c2cc1C. The van der Waals surface area contributed by atoms with Crippen LogP contribution in [-0.2, 0) is 9.59 Å². The number of amides is 2. The predicted molar refractivity (Wildman–Crippen MR) is 107 cm³/mol. The smallest absolute Gasteiger partial charge is 0.247 e. The van der Waals surface area contributed by atoms with Gasteiger partial charge < -0.3 is 0 Å². The molecule has 1 saturated heterocycles. The zero-order valence-corrected chi connectivity index (χ0v) is 16.5. The Morgan fingerprint density at radius 3 is 2.43 bits per heavy atom. The number of hydrogen-bond donors (Lipinski definition) is 0. The quantitative estimate of drug-likeness (QED) is 0.493. The van der Waals surface area contributed by atoms with Crippen LogP contribution in [0.25, 0.3) is 10.9 Å². The van der Waals surface area contributed by atoms with Crippen molar-refractivity contribution in [2.24, 2.45) is 0 Å². The molecule has 1 aromatic heterocycles. The largest absolute Gasteiger partial charge is 0.274 e. The van der Waals surface area contributed by atoms with Crippen LogP contribution in [-0.4, -0.2) is 27.0 Å². The first-order chi connectivity index (χ1) is 13.3. The first kappa shape index (κ1) is 18.6. The molecule has 4 rings (SSSR count). The summed E-state index contributed by atoms with van der Waals surface area (Å²) in [6, 6.07) is 9.40. The van der Waals surface area contributed by atoms with Crippen molar-refractivity contribution in [2.45, 2.75) is 37.6 Å². The first-order valence-corrected chi connectivity index (χ1v) is 9.76. The number of thioether (sulfide) groups is 1. The highest BCUT2D eigenvalue weighted by molar-refractivity contribution is 8.00. The Kier molecular flexibility index (Phi) is 4.63. The van der Waals surface area contributed by atoms with E-state index < -0.39 is 11.1 Å². The number of aryl methyl sites for hydroxylation is 3. The number of benzene rings is 2. The monoisotopic (exact) mass is 395 g/mol. The molecule has 0 saturated carbocycles. The van der Waals surface area contributed by atoms with Gasteiger partial charge in [-0.2, -0.15) is 0 Å². The molecule has 3 aromatic rings. The molecule has 0 unspecified atom stereocenters. The van der Waals surface area contributed by atoms with Gasteiger partial charge in [0.2, 0.25) is 11.8 Å². The lowest BCUT2D eigenvalue weighted by molar-refractivity contribution is -0.121. The van der Waals surface area contributed by atoms with E-state index >= 15 is 0 Å². The zero-order chi connectivity index (χ0) is 20.0. The number of imide groups is 1. The number of aromatic nitrogens is 2. The van der Waals surface area contributed by atoms with Crippen LogP contribution in [0.1, 0.15) is 23.2 Å². The summed E-state index contributed by atoms with van der Waals surface area (Å²) in [5.74, 6) is -1.06. The summed E-state index contributed by atoms with van der Waals surface area (Å²) in [5.41, 5.74) is 4.34. The van der Waals surface area contributed by atoms with E-state index in [1.165, 1.54) is 41.6 Å². The molecule has 142 valence electrons. The fourth-order valence-electron chi connectivity index (χ4n) is 3.25. The van der Waals surface area contributed by atoms with Crippen molar-refractivity contribution in [3.05, 3.63) is 59.0 Å². The Bertz CT molecular complexity index is 1110. The van der Waals surface area contributed by atoms with Gasteiger partial charge >= 0.3 is 0 Å². The number of carbonyl (C=O) groups is 2. The van der Waals surface area contributed by atoms with Gasteiger partial charge in [-0.3, -0.25) is 9.59 Å².